The number of aliphatic hydroxyl groups excluding tert-OH is 1. The second-order valence-corrected chi connectivity index (χ2v) is 5.07. The van der Waals surface area contributed by atoms with Crippen LogP contribution in [0.4, 0.5) is 4.39 Å². The van der Waals surface area contributed by atoms with Gasteiger partial charge < -0.3 is 14.4 Å². The molecule has 4 nitrogen and oxygen atoms in total. The van der Waals surface area contributed by atoms with E-state index in [9.17, 15) is 9.50 Å². The summed E-state index contributed by atoms with van der Waals surface area (Å²) in [6, 6.07) is 14.0. The molecule has 0 aliphatic heterocycles. The fourth-order valence-corrected chi connectivity index (χ4v) is 2.46. The van der Waals surface area contributed by atoms with Crippen LogP contribution in [-0.4, -0.2) is 21.3 Å². The molecule has 22 heavy (non-hydrogen) atoms. The highest BCUT2D eigenvalue weighted by molar-refractivity contribution is 5.76. The largest absolute Gasteiger partial charge is 0.489 e. The molecule has 1 unspecified atom stereocenters. The average molecular weight is 300 g/mol. The van der Waals surface area contributed by atoms with Gasteiger partial charge in [-0.1, -0.05) is 24.3 Å². The van der Waals surface area contributed by atoms with Crippen LogP contribution in [0.3, 0.4) is 0 Å². The van der Waals surface area contributed by atoms with E-state index in [1.807, 2.05) is 28.8 Å². The molecule has 3 aromatic rings. The van der Waals surface area contributed by atoms with Crippen LogP contribution in [0.2, 0.25) is 0 Å². The summed E-state index contributed by atoms with van der Waals surface area (Å²) in [7, 11) is 0. The Morgan fingerprint density at radius 1 is 1.18 bits per heavy atom. The van der Waals surface area contributed by atoms with Gasteiger partial charge in [-0.3, -0.25) is 0 Å². The van der Waals surface area contributed by atoms with Gasteiger partial charge in [-0.15, -0.1) is 0 Å². The van der Waals surface area contributed by atoms with Crippen molar-refractivity contribution in [1.29, 1.82) is 0 Å². The molecule has 5 heteroatoms. The first kappa shape index (κ1) is 14.5. The molecule has 114 valence electrons. The molecule has 0 aliphatic rings. The quantitative estimate of drug-likeness (QED) is 0.786. The Labute approximate surface area is 127 Å². The summed E-state index contributed by atoms with van der Waals surface area (Å²) < 4.78 is 20.9. The van der Waals surface area contributed by atoms with E-state index < -0.39 is 6.10 Å². The van der Waals surface area contributed by atoms with Crippen molar-refractivity contribution in [3.8, 4) is 5.75 Å². The lowest BCUT2D eigenvalue weighted by Gasteiger charge is -2.12. The van der Waals surface area contributed by atoms with Gasteiger partial charge in [-0.05, 0) is 31.2 Å². The number of aromatic nitrogens is 2. The molecule has 0 amide bonds. The number of imidazole rings is 1. The SMILES string of the molecule is CC(O)c1nc2ccccc2n1CCOc1ccccc1F. The third kappa shape index (κ3) is 2.80. The first-order valence-electron chi connectivity index (χ1n) is 7.17. The topological polar surface area (TPSA) is 47.3 Å². The van der Waals surface area contributed by atoms with Crippen LogP contribution >= 0.6 is 0 Å². The Hall–Kier alpha value is -2.40. The number of nitrogens with zero attached hydrogens (tertiary/aromatic N) is 2. The number of aliphatic hydroxyl groups is 1. The number of rotatable bonds is 5. The first-order chi connectivity index (χ1) is 10.7. The normalized spacial score (nSPS) is 12.5. The Balaban J connectivity index is 1.81. The number of hydrogen-bond acceptors (Lipinski definition) is 3. The van der Waals surface area contributed by atoms with Crippen LogP contribution in [0.1, 0.15) is 18.9 Å². The van der Waals surface area contributed by atoms with E-state index in [-0.39, 0.29) is 11.6 Å². The van der Waals surface area contributed by atoms with Crippen LogP contribution in [0.15, 0.2) is 48.5 Å². The lowest BCUT2D eigenvalue weighted by atomic mass is 10.3. The molecule has 0 saturated carbocycles. The van der Waals surface area contributed by atoms with Crippen LogP contribution in [0, 0.1) is 5.82 Å². The fourth-order valence-electron chi connectivity index (χ4n) is 2.46. The van der Waals surface area contributed by atoms with Gasteiger partial charge in [-0.25, -0.2) is 9.37 Å². The zero-order valence-corrected chi connectivity index (χ0v) is 12.2. The van der Waals surface area contributed by atoms with Crippen molar-refractivity contribution >= 4 is 11.0 Å². The zero-order chi connectivity index (χ0) is 15.5. The molecule has 1 atom stereocenters. The van der Waals surface area contributed by atoms with Crippen molar-refractivity contribution in [1.82, 2.24) is 9.55 Å². The molecule has 0 fully saturated rings. The van der Waals surface area contributed by atoms with Gasteiger partial charge in [0.15, 0.2) is 11.6 Å². The summed E-state index contributed by atoms with van der Waals surface area (Å²) in [6.45, 7) is 2.45. The van der Waals surface area contributed by atoms with E-state index in [1.54, 1.807) is 25.1 Å². The molecular formula is C17H17FN2O2. The van der Waals surface area contributed by atoms with E-state index in [0.717, 1.165) is 11.0 Å². The molecule has 0 saturated heterocycles. The minimum atomic E-state index is -0.680. The van der Waals surface area contributed by atoms with Gasteiger partial charge in [0.05, 0.1) is 17.6 Å². The van der Waals surface area contributed by atoms with Crippen LogP contribution in [0.25, 0.3) is 11.0 Å². The summed E-state index contributed by atoms with van der Waals surface area (Å²) in [4.78, 5) is 4.44. The molecular weight excluding hydrogens is 283 g/mol. The number of benzene rings is 2. The molecule has 1 heterocycles. The lowest BCUT2D eigenvalue weighted by molar-refractivity contribution is 0.181. The van der Waals surface area contributed by atoms with Crippen molar-refractivity contribution in [3.05, 3.63) is 60.2 Å². The predicted molar refractivity (Wildman–Crippen MR) is 82.3 cm³/mol. The highest BCUT2D eigenvalue weighted by Gasteiger charge is 2.14. The third-order valence-corrected chi connectivity index (χ3v) is 3.47. The number of hydrogen-bond donors (Lipinski definition) is 1. The summed E-state index contributed by atoms with van der Waals surface area (Å²) in [5, 5.41) is 9.88. The number of para-hydroxylation sites is 3. The van der Waals surface area contributed by atoms with Crippen molar-refractivity contribution < 1.29 is 14.2 Å². The summed E-state index contributed by atoms with van der Waals surface area (Å²) >= 11 is 0. The predicted octanol–water partition coefficient (Wildman–Crippen LogP) is 3.31. The van der Waals surface area contributed by atoms with E-state index in [0.29, 0.717) is 19.0 Å². The standard InChI is InChI=1S/C17H17FN2O2/c1-12(21)17-19-14-7-3-4-8-15(14)20(17)10-11-22-16-9-5-2-6-13(16)18/h2-9,12,21H,10-11H2,1H3. The number of fused-ring (bicyclic) bond motifs is 1. The van der Waals surface area contributed by atoms with Gasteiger partial charge in [0, 0.05) is 0 Å². The van der Waals surface area contributed by atoms with E-state index in [2.05, 4.69) is 4.98 Å². The van der Waals surface area contributed by atoms with Crippen LogP contribution in [0.5, 0.6) is 5.75 Å². The van der Waals surface area contributed by atoms with Crippen molar-refractivity contribution in [3.63, 3.8) is 0 Å². The number of halogens is 1. The number of ether oxygens (including phenoxy) is 1. The van der Waals surface area contributed by atoms with Crippen molar-refractivity contribution in [2.75, 3.05) is 6.61 Å². The van der Waals surface area contributed by atoms with Gasteiger partial charge in [0.1, 0.15) is 18.5 Å². The highest BCUT2D eigenvalue weighted by atomic mass is 19.1. The van der Waals surface area contributed by atoms with Gasteiger partial charge in [0.2, 0.25) is 0 Å². The Bertz CT molecular complexity index is 783. The fraction of sp³-hybridized carbons (Fsp3) is 0.235. The minimum Gasteiger partial charge on any atom is -0.489 e. The molecule has 2 aromatic carbocycles. The summed E-state index contributed by atoms with van der Waals surface area (Å²) in [5.41, 5.74) is 1.75. The smallest absolute Gasteiger partial charge is 0.165 e. The van der Waals surface area contributed by atoms with Crippen LogP contribution < -0.4 is 4.74 Å². The molecule has 1 aromatic heterocycles. The highest BCUT2D eigenvalue weighted by Crippen LogP contribution is 2.21. The van der Waals surface area contributed by atoms with Gasteiger partial charge in [-0.2, -0.15) is 0 Å². The molecule has 0 spiro atoms. The summed E-state index contributed by atoms with van der Waals surface area (Å²) in [6.07, 6.45) is -0.680. The van der Waals surface area contributed by atoms with Gasteiger partial charge in [0.25, 0.3) is 0 Å². The Morgan fingerprint density at radius 2 is 1.91 bits per heavy atom. The second kappa shape index (κ2) is 6.15. The molecule has 3 rings (SSSR count). The maximum Gasteiger partial charge on any atom is 0.165 e. The lowest BCUT2D eigenvalue weighted by Crippen LogP contribution is -2.13. The zero-order valence-electron chi connectivity index (χ0n) is 12.2. The van der Waals surface area contributed by atoms with Crippen molar-refractivity contribution in [2.45, 2.75) is 19.6 Å². The van der Waals surface area contributed by atoms with Gasteiger partial charge >= 0.3 is 0 Å². The molecule has 0 radical (unpaired) electrons. The molecule has 0 bridgehead atoms. The molecule has 1 N–H and O–H groups in total. The van der Waals surface area contributed by atoms with Crippen molar-refractivity contribution in [2.24, 2.45) is 0 Å². The van der Waals surface area contributed by atoms with Crippen LogP contribution in [-0.2, 0) is 6.54 Å². The Kier molecular flexibility index (Phi) is 4.06. The molecule has 0 aliphatic carbocycles. The second-order valence-electron chi connectivity index (χ2n) is 5.07. The van der Waals surface area contributed by atoms with E-state index in [4.69, 9.17) is 4.74 Å². The van der Waals surface area contributed by atoms with E-state index in [1.165, 1.54) is 6.07 Å². The maximum absolute atomic E-state index is 13.5. The monoisotopic (exact) mass is 300 g/mol. The van der Waals surface area contributed by atoms with E-state index >= 15 is 0 Å². The third-order valence-electron chi connectivity index (χ3n) is 3.47. The minimum absolute atomic E-state index is 0.227. The Morgan fingerprint density at radius 3 is 2.68 bits per heavy atom. The first-order valence-corrected chi connectivity index (χ1v) is 7.17. The summed E-state index contributed by atoms with van der Waals surface area (Å²) in [5.74, 6) is 0.428. The maximum atomic E-state index is 13.5. The average Bonchev–Trinajstić information content (AvgIpc) is 2.88.